The van der Waals surface area contributed by atoms with Gasteiger partial charge in [0.2, 0.25) is 0 Å². The van der Waals surface area contributed by atoms with E-state index >= 15 is 0 Å². The fourth-order valence-electron chi connectivity index (χ4n) is 3.29. The van der Waals surface area contributed by atoms with Gasteiger partial charge >= 0.3 is 0 Å². The summed E-state index contributed by atoms with van der Waals surface area (Å²) < 4.78 is 27.1. The molecule has 0 saturated carbocycles. The molecule has 1 aromatic heterocycles. The molecule has 3 aromatic carbocycles. The molecule has 4 rings (SSSR count). The molecule has 170 valence electrons. The second-order valence-corrected chi connectivity index (χ2v) is 9.47. The summed E-state index contributed by atoms with van der Waals surface area (Å²) in [4.78, 5) is 17.1. The van der Waals surface area contributed by atoms with Crippen molar-refractivity contribution in [2.75, 3.05) is 16.7 Å². The summed E-state index contributed by atoms with van der Waals surface area (Å²) in [6.07, 6.45) is 5.54. The van der Waals surface area contributed by atoms with Gasteiger partial charge < -0.3 is 5.32 Å². The molecule has 1 amide bonds. The van der Waals surface area contributed by atoms with Crippen LogP contribution < -0.4 is 9.62 Å². The summed E-state index contributed by atoms with van der Waals surface area (Å²) >= 11 is 0. The Morgan fingerprint density at radius 1 is 0.853 bits per heavy atom. The summed E-state index contributed by atoms with van der Waals surface area (Å²) in [6.45, 7) is 0. The van der Waals surface area contributed by atoms with Gasteiger partial charge in [0, 0.05) is 24.5 Å². The van der Waals surface area contributed by atoms with E-state index < -0.39 is 10.0 Å². The Morgan fingerprint density at radius 3 is 2.29 bits per heavy atom. The maximum atomic E-state index is 12.9. The molecule has 34 heavy (non-hydrogen) atoms. The van der Waals surface area contributed by atoms with E-state index in [1.807, 2.05) is 54.6 Å². The minimum Gasteiger partial charge on any atom is -0.322 e. The van der Waals surface area contributed by atoms with Gasteiger partial charge in [-0.1, -0.05) is 42.5 Å². The maximum Gasteiger partial charge on any atom is 0.264 e. The molecule has 0 saturated heterocycles. The molecule has 1 heterocycles. The van der Waals surface area contributed by atoms with E-state index in [-0.39, 0.29) is 10.8 Å². The molecule has 6 nitrogen and oxygen atoms in total. The third-order valence-electron chi connectivity index (χ3n) is 5.17. The molecule has 0 fully saturated rings. The minimum absolute atomic E-state index is 0.108. The smallest absolute Gasteiger partial charge is 0.264 e. The highest BCUT2D eigenvalue weighted by Crippen LogP contribution is 2.22. The molecule has 7 heteroatoms. The molecule has 1 N–H and O–H groups in total. The maximum absolute atomic E-state index is 12.9. The van der Waals surface area contributed by atoms with Gasteiger partial charge in [-0.3, -0.25) is 14.1 Å². The first-order valence-corrected chi connectivity index (χ1v) is 12.0. The highest BCUT2D eigenvalue weighted by molar-refractivity contribution is 7.92. The van der Waals surface area contributed by atoms with Crippen molar-refractivity contribution in [1.82, 2.24) is 4.98 Å². The molecular formula is C27H23N3O3S. The number of nitrogens with zero attached hydrogens (tertiary/aromatic N) is 2. The molecule has 0 atom stereocenters. The fraction of sp³-hybridized carbons (Fsp3) is 0.0370. The highest BCUT2D eigenvalue weighted by atomic mass is 32.2. The average molecular weight is 470 g/mol. The summed E-state index contributed by atoms with van der Waals surface area (Å²) in [7, 11) is -2.24. The topological polar surface area (TPSA) is 79.4 Å². The molecule has 0 radical (unpaired) electrons. The number of benzene rings is 3. The lowest BCUT2D eigenvalue weighted by atomic mass is 10.1. The van der Waals surface area contributed by atoms with E-state index in [0.717, 1.165) is 11.3 Å². The van der Waals surface area contributed by atoms with Crippen molar-refractivity contribution >= 4 is 39.5 Å². The first-order valence-electron chi connectivity index (χ1n) is 10.6. The average Bonchev–Trinajstić information content (AvgIpc) is 2.88. The molecule has 0 unspecified atom stereocenters. The number of hydrogen-bond donors (Lipinski definition) is 1. The Balaban J connectivity index is 1.46. The van der Waals surface area contributed by atoms with E-state index in [4.69, 9.17) is 0 Å². The molecule has 0 aliphatic heterocycles. The first-order chi connectivity index (χ1) is 16.4. The van der Waals surface area contributed by atoms with Crippen LogP contribution in [0.15, 0.2) is 108 Å². The van der Waals surface area contributed by atoms with Crippen LogP contribution in [0.3, 0.4) is 0 Å². The van der Waals surface area contributed by atoms with Crippen LogP contribution in [0.5, 0.6) is 0 Å². The number of para-hydroxylation sites is 1. The van der Waals surface area contributed by atoms with Gasteiger partial charge in [0.05, 0.1) is 16.3 Å². The number of hydrogen-bond acceptors (Lipinski definition) is 4. The third-order valence-corrected chi connectivity index (χ3v) is 6.97. The first kappa shape index (κ1) is 22.9. The van der Waals surface area contributed by atoms with Crippen molar-refractivity contribution in [3.05, 3.63) is 120 Å². The van der Waals surface area contributed by atoms with Crippen LogP contribution in [0.25, 0.3) is 12.2 Å². The van der Waals surface area contributed by atoms with Crippen LogP contribution in [0.2, 0.25) is 0 Å². The number of aromatic nitrogens is 1. The Bertz CT molecular complexity index is 1400. The number of pyridine rings is 1. The van der Waals surface area contributed by atoms with Gasteiger partial charge in [-0.2, -0.15) is 0 Å². The third kappa shape index (κ3) is 5.39. The highest BCUT2D eigenvalue weighted by Gasteiger charge is 2.21. The van der Waals surface area contributed by atoms with Crippen molar-refractivity contribution in [3.8, 4) is 0 Å². The molecule has 0 bridgehead atoms. The van der Waals surface area contributed by atoms with Crippen molar-refractivity contribution in [2.24, 2.45) is 0 Å². The normalized spacial score (nSPS) is 11.3. The van der Waals surface area contributed by atoms with Crippen molar-refractivity contribution in [2.45, 2.75) is 4.90 Å². The largest absolute Gasteiger partial charge is 0.322 e. The SMILES string of the molecule is CN(c1ccccc1)S(=O)(=O)c1ccc(C(=O)Nc2cccc(C=Cc3ccccn3)c2)cc1. The van der Waals surface area contributed by atoms with E-state index in [1.165, 1.54) is 35.6 Å². The lowest BCUT2D eigenvalue weighted by Gasteiger charge is -2.19. The fourth-order valence-corrected chi connectivity index (χ4v) is 4.49. The number of rotatable bonds is 7. The second-order valence-electron chi connectivity index (χ2n) is 7.50. The van der Waals surface area contributed by atoms with Gasteiger partial charge in [0.15, 0.2) is 0 Å². The summed E-state index contributed by atoms with van der Waals surface area (Å²) in [5.74, 6) is -0.328. The quantitative estimate of drug-likeness (QED) is 0.397. The van der Waals surface area contributed by atoms with E-state index in [1.54, 1.807) is 36.5 Å². The predicted octanol–water partition coefficient (Wildman–Crippen LogP) is 5.33. The van der Waals surface area contributed by atoms with Crippen molar-refractivity contribution in [3.63, 3.8) is 0 Å². The standard InChI is InChI=1S/C27H23N3O3S/c1-30(25-11-3-2-4-12-25)34(32,33)26-17-14-22(15-18-26)27(31)29-24-10-7-8-21(20-24)13-16-23-9-5-6-19-28-23/h2-20H,1H3,(H,29,31). The molecular weight excluding hydrogens is 446 g/mol. The zero-order chi connectivity index (χ0) is 24.0. The Morgan fingerprint density at radius 2 is 1.59 bits per heavy atom. The van der Waals surface area contributed by atoms with Crippen LogP contribution in [0.1, 0.15) is 21.6 Å². The molecule has 0 aliphatic carbocycles. The van der Waals surface area contributed by atoms with Gasteiger partial charge in [0.1, 0.15) is 0 Å². The van der Waals surface area contributed by atoms with E-state index in [9.17, 15) is 13.2 Å². The Kier molecular flexibility index (Phi) is 6.85. The van der Waals surface area contributed by atoms with Crippen LogP contribution in [-0.4, -0.2) is 26.4 Å². The van der Waals surface area contributed by atoms with Crippen molar-refractivity contribution < 1.29 is 13.2 Å². The molecule has 0 aliphatic rings. The number of carbonyl (C=O) groups excluding carboxylic acids is 1. The van der Waals surface area contributed by atoms with Crippen LogP contribution in [0, 0.1) is 0 Å². The predicted molar refractivity (Wildman–Crippen MR) is 136 cm³/mol. The number of sulfonamides is 1. The Hall–Kier alpha value is -4.23. The Labute approximate surface area is 199 Å². The monoisotopic (exact) mass is 469 g/mol. The van der Waals surface area contributed by atoms with Crippen LogP contribution >= 0.6 is 0 Å². The van der Waals surface area contributed by atoms with E-state index in [2.05, 4.69) is 10.3 Å². The number of nitrogens with one attached hydrogen (secondary N) is 1. The van der Waals surface area contributed by atoms with Gasteiger partial charge in [-0.15, -0.1) is 0 Å². The summed E-state index contributed by atoms with van der Waals surface area (Å²) in [5.41, 5.74) is 3.30. The van der Waals surface area contributed by atoms with Crippen LogP contribution in [0.4, 0.5) is 11.4 Å². The summed E-state index contributed by atoms with van der Waals surface area (Å²) in [5, 5.41) is 2.86. The summed E-state index contributed by atoms with van der Waals surface area (Å²) in [6, 6.07) is 27.8. The van der Waals surface area contributed by atoms with Crippen LogP contribution in [-0.2, 0) is 10.0 Å². The zero-order valence-corrected chi connectivity index (χ0v) is 19.3. The van der Waals surface area contributed by atoms with E-state index in [0.29, 0.717) is 16.9 Å². The van der Waals surface area contributed by atoms with Gasteiger partial charge in [-0.05, 0) is 72.3 Å². The lowest BCUT2D eigenvalue weighted by molar-refractivity contribution is 0.102. The lowest BCUT2D eigenvalue weighted by Crippen LogP contribution is -2.26. The molecule has 4 aromatic rings. The van der Waals surface area contributed by atoms with Gasteiger partial charge in [0.25, 0.3) is 15.9 Å². The second kappa shape index (κ2) is 10.1. The molecule has 0 spiro atoms. The zero-order valence-electron chi connectivity index (χ0n) is 18.5. The minimum atomic E-state index is -3.74. The van der Waals surface area contributed by atoms with Gasteiger partial charge in [-0.25, -0.2) is 8.42 Å². The van der Waals surface area contributed by atoms with Crippen molar-refractivity contribution in [1.29, 1.82) is 0 Å². The number of amides is 1. The number of anilines is 2. The number of carbonyl (C=O) groups is 1.